The Morgan fingerprint density at radius 2 is 2.00 bits per heavy atom. The normalized spacial score (nSPS) is 12.9. The maximum Gasteiger partial charge on any atom is 0.269 e. The Morgan fingerprint density at radius 3 is 2.64 bits per heavy atom. The molecule has 0 aromatic heterocycles. The molecule has 22 heavy (non-hydrogen) atoms. The zero-order valence-corrected chi connectivity index (χ0v) is 11.9. The molecule has 0 atom stereocenters. The molecule has 1 aliphatic rings. The van der Waals surface area contributed by atoms with Crippen LogP contribution in [0.5, 0.6) is 0 Å². The van der Waals surface area contributed by atoms with Gasteiger partial charge < -0.3 is 10.2 Å². The van der Waals surface area contributed by atoms with E-state index in [-0.39, 0.29) is 11.5 Å². The molecule has 3 rings (SSSR count). The monoisotopic (exact) mass is 299 g/mol. The molecule has 0 fully saturated rings. The van der Waals surface area contributed by atoms with Gasteiger partial charge in [-0.1, -0.05) is 0 Å². The van der Waals surface area contributed by atoms with E-state index in [0.717, 1.165) is 16.8 Å². The molecule has 112 valence electrons. The fraction of sp³-hybridized carbons (Fsp3) is 0.125. The number of nitro benzene ring substituents is 1. The van der Waals surface area contributed by atoms with Gasteiger partial charge in [0.15, 0.2) is 0 Å². The second-order valence-electron chi connectivity index (χ2n) is 5.00. The standard InChI is InChI=1S/C16H14FN3O2/c1-18-16-9-11-6-7-19(10-12(11)8-15(16)17)13-2-4-14(5-3-13)20(21)22/h2-9,18H,10H2,1H3. The van der Waals surface area contributed by atoms with Crippen LogP contribution in [-0.4, -0.2) is 12.0 Å². The lowest BCUT2D eigenvalue weighted by atomic mass is 10.0. The SMILES string of the molecule is CNc1cc2c(cc1F)CN(c1ccc([N+](=O)[O-])cc1)C=C2. The third-order valence-corrected chi connectivity index (χ3v) is 3.67. The van der Waals surface area contributed by atoms with Crippen molar-refractivity contribution >= 4 is 23.1 Å². The molecule has 6 heteroatoms. The number of nitro groups is 1. The molecule has 1 N–H and O–H groups in total. The summed E-state index contributed by atoms with van der Waals surface area (Å²) in [6.45, 7) is 0.518. The first-order valence-electron chi connectivity index (χ1n) is 6.78. The van der Waals surface area contributed by atoms with E-state index in [0.29, 0.717) is 12.2 Å². The van der Waals surface area contributed by atoms with Gasteiger partial charge in [0.25, 0.3) is 5.69 Å². The molecule has 0 saturated carbocycles. The summed E-state index contributed by atoms with van der Waals surface area (Å²) in [5.74, 6) is -0.291. The predicted molar refractivity (Wildman–Crippen MR) is 84.3 cm³/mol. The lowest BCUT2D eigenvalue weighted by Gasteiger charge is -2.26. The largest absolute Gasteiger partial charge is 0.386 e. The Hall–Kier alpha value is -2.89. The minimum atomic E-state index is -0.431. The predicted octanol–water partition coefficient (Wildman–Crippen LogP) is 3.77. The molecule has 1 heterocycles. The topological polar surface area (TPSA) is 58.4 Å². The van der Waals surface area contributed by atoms with Crippen molar-refractivity contribution in [3.63, 3.8) is 0 Å². The molecule has 0 saturated heterocycles. The summed E-state index contributed by atoms with van der Waals surface area (Å²) in [5.41, 5.74) is 3.17. The van der Waals surface area contributed by atoms with Crippen LogP contribution >= 0.6 is 0 Å². The van der Waals surface area contributed by atoms with Crippen LogP contribution in [0.25, 0.3) is 6.08 Å². The van der Waals surface area contributed by atoms with Gasteiger partial charge in [-0.3, -0.25) is 10.1 Å². The molecular formula is C16H14FN3O2. The number of anilines is 2. The number of hydrogen-bond acceptors (Lipinski definition) is 4. The number of hydrogen-bond donors (Lipinski definition) is 1. The van der Waals surface area contributed by atoms with E-state index in [1.165, 1.54) is 18.2 Å². The fourth-order valence-electron chi connectivity index (χ4n) is 2.46. The van der Waals surface area contributed by atoms with E-state index in [9.17, 15) is 14.5 Å². The molecule has 1 aliphatic heterocycles. The van der Waals surface area contributed by atoms with Gasteiger partial charge in [-0.25, -0.2) is 4.39 Å². The van der Waals surface area contributed by atoms with E-state index in [4.69, 9.17) is 0 Å². The summed E-state index contributed by atoms with van der Waals surface area (Å²) in [6, 6.07) is 9.59. The molecule has 0 bridgehead atoms. The van der Waals surface area contributed by atoms with Crippen LogP contribution in [0.2, 0.25) is 0 Å². The van der Waals surface area contributed by atoms with Crippen molar-refractivity contribution in [2.24, 2.45) is 0 Å². The Bertz CT molecular complexity index is 757. The van der Waals surface area contributed by atoms with Crippen LogP contribution in [0, 0.1) is 15.9 Å². The number of fused-ring (bicyclic) bond motifs is 1. The minimum Gasteiger partial charge on any atom is -0.386 e. The highest BCUT2D eigenvalue weighted by atomic mass is 19.1. The number of rotatable bonds is 3. The highest BCUT2D eigenvalue weighted by molar-refractivity contribution is 5.68. The van der Waals surface area contributed by atoms with Crippen LogP contribution < -0.4 is 10.2 Å². The molecule has 0 unspecified atom stereocenters. The van der Waals surface area contributed by atoms with Crippen molar-refractivity contribution in [2.75, 3.05) is 17.3 Å². The van der Waals surface area contributed by atoms with Crippen molar-refractivity contribution in [3.8, 4) is 0 Å². The van der Waals surface area contributed by atoms with Crippen LogP contribution in [0.15, 0.2) is 42.6 Å². The Labute approximate surface area is 126 Å². The van der Waals surface area contributed by atoms with Gasteiger partial charge in [0.05, 0.1) is 10.6 Å². The lowest BCUT2D eigenvalue weighted by Crippen LogP contribution is -2.19. The van der Waals surface area contributed by atoms with E-state index in [2.05, 4.69) is 5.32 Å². The third kappa shape index (κ3) is 2.50. The number of nitrogens with zero attached hydrogens (tertiary/aromatic N) is 2. The van der Waals surface area contributed by atoms with Gasteiger partial charge in [-0.05, 0) is 41.5 Å². The molecule has 2 aromatic carbocycles. The van der Waals surface area contributed by atoms with Gasteiger partial charge >= 0.3 is 0 Å². The zero-order chi connectivity index (χ0) is 15.7. The second kappa shape index (κ2) is 5.48. The first kappa shape index (κ1) is 14.1. The fourth-order valence-corrected chi connectivity index (χ4v) is 2.46. The van der Waals surface area contributed by atoms with E-state index in [1.54, 1.807) is 25.2 Å². The van der Waals surface area contributed by atoms with Gasteiger partial charge in [-0.15, -0.1) is 0 Å². The number of nitrogens with one attached hydrogen (secondary N) is 1. The van der Waals surface area contributed by atoms with Gasteiger partial charge in [0.2, 0.25) is 0 Å². The highest BCUT2D eigenvalue weighted by Crippen LogP contribution is 2.29. The summed E-state index contributed by atoms with van der Waals surface area (Å²) in [7, 11) is 1.68. The summed E-state index contributed by atoms with van der Waals surface area (Å²) in [5, 5.41) is 13.5. The number of halogens is 1. The molecule has 0 spiro atoms. The van der Waals surface area contributed by atoms with Crippen molar-refractivity contribution in [1.29, 1.82) is 0 Å². The van der Waals surface area contributed by atoms with Crippen molar-refractivity contribution < 1.29 is 9.31 Å². The minimum absolute atomic E-state index is 0.0508. The van der Waals surface area contributed by atoms with Crippen LogP contribution in [0.3, 0.4) is 0 Å². The Kier molecular flexibility index (Phi) is 3.50. The van der Waals surface area contributed by atoms with Crippen LogP contribution in [0.4, 0.5) is 21.5 Å². The molecule has 0 aliphatic carbocycles. The van der Waals surface area contributed by atoms with Crippen molar-refractivity contribution in [1.82, 2.24) is 0 Å². The van der Waals surface area contributed by atoms with E-state index < -0.39 is 4.92 Å². The Balaban J connectivity index is 1.88. The number of non-ortho nitro benzene ring substituents is 1. The third-order valence-electron chi connectivity index (χ3n) is 3.67. The molecule has 2 aromatic rings. The molecule has 5 nitrogen and oxygen atoms in total. The van der Waals surface area contributed by atoms with Gasteiger partial charge in [0.1, 0.15) is 5.82 Å². The first-order chi connectivity index (χ1) is 10.6. The quantitative estimate of drug-likeness (QED) is 0.692. The van der Waals surface area contributed by atoms with Crippen molar-refractivity contribution in [2.45, 2.75) is 6.54 Å². The second-order valence-corrected chi connectivity index (χ2v) is 5.00. The first-order valence-corrected chi connectivity index (χ1v) is 6.78. The zero-order valence-electron chi connectivity index (χ0n) is 11.9. The average Bonchev–Trinajstić information content (AvgIpc) is 2.53. The van der Waals surface area contributed by atoms with Gasteiger partial charge in [0, 0.05) is 37.6 Å². The van der Waals surface area contributed by atoms with E-state index >= 15 is 0 Å². The number of benzene rings is 2. The maximum atomic E-state index is 13.9. The smallest absolute Gasteiger partial charge is 0.269 e. The summed E-state index contributed by atoms with van der Waals surface area (Å²) < 4.78 is 13.9. The summed E-state index contributed by atoms with van der Waals surface area (Å²) in [4.78, 5) is 12.2. The van der Waals surface area contributed by atoms with Gasteiger partial charge in [-0.2, -0.15) is 0 Å². The summed E-state index contributed by atoms with van der Waals surface area (Å²) >= 11 is 0. The highest BCUT2D eigenvalue weighted by Gasteiger charge is 2.16. The molecule has 0 radical (unpaired) electrons. The van der Waals surface area contributed by atoms with Crippen LogP contribution in [-0.2, 0) is 6.54 Å². The summed E-state index contributed by atoms with van der Waals surface area (Å²) in [6.07, 6.45) is 3.79. The van der Waals surface area contributed by atoms with Crippen molar-refractivity contribution in [3.05, 3.63) is 69.7 Å². The average molecular weight is 299 g/mol. The lowest BCUT2D eigenvalue weighted by molar-refractivity contribution is -0.384. The van der Waals surface area contributed by atoms with Crippen LogP contribution in [0.1, 0.15) is 11.1 Å². The van der Waals surface area contributed by atoms with E-state index in [1.807, 2.05) is 17.2 Å². The Morgan fingerprint density at radius 1 is 1.27 bits per heavy atom. The molecular weight excluding hydrogens is 285 g/mol. The molecule has 0 amide bonds. The maximum absolute atomic E-state index is 13.9.